The minimum atomic E-state index is -3.55. The molecule has 0 aromatic heterocycles. The fraction of sp³-hybridized carbons (Fsp3) is 0.357. The minimum Gasteiger partial charge on any atom is -0.207 e. The maximum absolute atomic E-state index is 12.7. The fourth-order valence-electron chi connectivity index (χ4n) is 2.01. The first-order chi connectivity index (χ1) is 9.00. The first kappa shape index (κ1) is 13.8. The van der Waals surface area contributed by atoms with E-state index < -0.39 is 10.0 Å². The number of hydrogen-bond acceptors (Lipinski definition) is 3. The van der Waals surface area contributed by atoms with Gasteiger partial charge in [0.1, 0.15) is 0 Å². The van der Waals surface area contributed by atoms with Gasteiger partial charge in [0.2, 0.25) is 10.0 Å². The van der Waals surface area contributed by atoms with Gasteiger partial charge in [-0.05, 0) is 37.5 Å². The van der Waals surface area contributed by atoms with E-state index in [0.717, 1.165) is 12.8 Å². The number of nitriles is 1. The first-order valence-electron chi connectivity index (χ1n) is 6.14. The van der Waals surface area contributed by atoms with Crippen LogP contribution in [0.5, 0.6) is 0 Å². The van der Waals surface area contributed by atoms with Gasteiger partial charge in [-0.1, -0.05) is 12.1 Å². The molecule has 1 aliphatic rings. The summed E-state index contributed by atoms with van der Waals surface area (Å²) in [6.45, 7) is 5.67. The highest BCUT2D eigenvalue weighted by Gasteiger charge is 2.37. The fourth-order valence-corrected chi connectivity index (χ4v) is 3.92. The third-order valence-corrected chi connectivity index (χ3v) is 5.23. The number of hydrogen-bond donors (Lipinski definition) is 0. The summed E-state index contributed by atoms with van der Waals surface area (Å²) < 4.78 is 26.8. The molecule has 100 valence electrons. The van der Waals surface area contributed by atoms with Gasteiger partial charge in [-0.2, -0.15) is 9.57 Å². The molecule has 4 nitrogen and oxygen atoms in total. The van der Waals surface area contributed by atoms with E-state index in [1.807, 2.05) is 6.07 Å². The molecule has 0 bridgehead atoms. The molecule has 1 fully saturated rings. The second-order valence-electron chi connectivity index (χ2n) is 4.69. The predicted octanol–water partition coefficient (Wildman–Crippen LogP) is 2.21. The maximum Gasteiger partial charge on any atom is 0.243 e. The van der Waals surface area contributed by atoms with Crippen molar-refractivity contribution in [1.82, 2.24) is 4.31 Å². The van der Waals surface area contributed by atoms with E-state index in [4.69, 9.17) is 5.26 Å². The monoisotopic (exact) mass is 276 g/mol. The molecule has 0 atom stereocenters. The summed E-state index contributed by atoms with van der Waals surface area (Å²) in [5.74, 6) is 0. The van der Waals surface area contributed by atoms with Crippen molar-refractivity contribution in [3.63, 3.8) is 0 Å². The lowest BCUT2D eigenvalue weighted by molar-refractivity contribution is 0.435. The second kappa shape index (κ2) is 5.16. The number of aryl methyl sites for hydroxylation is 1. The van der Waals surface area contributed by atoms with E-state index in [2.05, 4.69) is 6.58 Å². The zero-order valence-electron chi connectivity index (χ0n) is 10.8. The highest BCUT2D eigenvalue weighted by atomic mass is 32.2. The van der Waals surface area contributed by atoms with Gasteiger partial charge in [0, 0.05) is 12.6 Å². The van der Waals surface area contributed by atoms with Crippen molar-refractivity contribution >= 4 is 10.0 Å². The van der Waals surface area contributed by atoms with Crippen molar-refractivity contribution in [2.24, 2.45) is 0 Å². The van der Waals surface area contributed by atoms with Gasteiger partial charge in [-0.25, -0.2) is 8.42 Å². The van der Waals surface area contributed by atoms with Crippen LogP contribution < -0.4 is 0 Å². The zero-order valence-corrected chi connectivity index (χ0v) is 11.7. The molecule has 5 heteroatoms. The Morgan fingerprint density at radius 3 is 2.74 bits per heavy atom. The van der Waals surface area contributed by atoms with Crippen LogP contribution in [-0.2, 0) is 10.0 Å². The first-order valence-corrected chi connectivity index (χ1v) is 7.58. The Bertz CT molecular complexity index is 640. The van der Waals surface area contributed by atoms with Crippen LogP contribution in [0.25, 0.3) is 0 Å². The summed E-state index contributed by atoms with van der Waals surface area (Å²) in [4.78, 5) is 0.223. The smallest absolute Gasteiger partial charge is 0.207 e. The quantitative estimate of drug-likeness (QED) is 0.775. The van der Waals surface area contributed by atoms with Crippen molar-refractivity contribution in [2.75, 3.05) is 6.54 Å². The molecule has 0 saturated heterocycles. The van der Waals surface area contributed by atoms with Crippen LogP contribution in [0.3, 0.4) is 0 Å². The van der Waals surface area contributed by atoms with Crippen LogP contribution in [0, 0.1) is 18.3 Å². The summed E-state index contributed by atoms with van der Waals surface area (Å²) in [6.07, 6.45) is 3.38. The van der Waals surface area contributed by atoms with Crippen molar-refractivity contribution in [3.05, 3.63) is 42.0 Å². The lowest BCUT2D eigenvalue weighted by atomic mass is 10.2. The largest absolute Gasteiger partial charge is 0.243 e. The molecule has 1 saturated carbocycles. The van der Waals surface area contributed by atoms with E-state index in [0.29, 0.717) is 17.7 Å². The van der Waals surface area contributed by atoms with Gasteiger partial charge in [-0.3, -0.25) is 0 Å². The predicted molar refractivity (Wildman–Crippen MR) is 73.0 cm³/mol. The summed E-state index contributed by atoms with van der Waals surface area (Å²) in [5.41, 5.74) is 1.02. The maximum atomic E-state index is 12.7. The molecule has 19 heavy (non-hydrogen) atoms. The molecular weight excluding hydrogens is 260 g/mol. The molecule has 2 rings (SSSR count). The highest BCUT2D eigenvalue weighted by Crippen LogP contribution is 2.33. The van der Waals surface area contributed by atoms with Crippen LogP contribution in [0.4, 0.5) is 0 Å². The van der Waals surface area contributed by atoms with Gasteiger partial charge >= 0.3 is 0 Å². The average molecular weight is 276 g/mol. The number of nitrogens with zero attached hydrogens (tertiary/aromatic N) is 2. The molecular formula is C14H16N2O2S. The molecule has 1 aliphatic carbocycles. The molecule has 0 amide bonds. The Kier molecular flexibility index (Phi) is 3.74. The van der Waals surface area contributed by atoms with Crippen molar-refractivity contribution in [1.29, 1.82) is 5.26 Å². The van der Waals surface area contributed by atoms with Crippen molar-refractivity contribution < 1.29 is 8.42 Å². The van der Waals surface area contributed by atoms with Gasteiger partial charge in [0.15, 0.2) is 0 Å². The molecule has 1 aromatic carbocycles. The highest BCUT2D eigenvalue weighted by molar-refractivity contribution is 7.89. The van der Waals surface area contributed by atoms with E-state index in [1.165, 1.54) is 10.4 Å². The molecule has 0 spiro atoms. The number of benzene rings is 1. The SMILES string of the molecule is C=CCN(C1CC1)S(=O)(=O)c1cc(C#N)ccc1C. The van der Waals surface area contributed by atoms with Crippen molar-refractivity contribution in [3.8, 4) is 6.07 Å². The lowest BCUT2D eigenvalue weighted by Crippen LogP contribution is -2.33. The van der Waals surface area contributed by atoms with Gasteiger partial charge in [-0.15, -0.1) is 6.58 Å². The Labute approximate surface area is 114 Å². The van der Waals surface area contributed by atoms with Gasteiger partial charge < -0.3 is 0 Å². The summed E-state index contributed by atoms with van der Waals surface area (Å²) >= 11 is 0. The lowest BCUT2D eigenvalue weighted by Gasteiger charge is -2.21. The summed E-state index contributed by atoms with van der Waals surface area (Å²) in [7, 11) is -3.55. The zero-order chi connectivity index (χ0) is 14.0. The average Bonchev–Trinajstić information content (AvgIpc) is 3.20. The summed E-state index contributed by atoms with van der Waals surface area (Å²) in [5, 5.41) is 8.91. The third kappa shape index (κ3) is 2.70. The third-order valence-electron chi connectivity index (χ3n) is 3.17. The number of rotatable bonds is 5. The molecule has 1 aromatic rings. The topological polar surface area (TPSA) is 61.2 Å². The van der Waals surface area contributed by atoms with Crippen LogP contribution in [0.2, 0.25) is 0 Å². The van der Waals surface area contributed by atoms with Gasteiger partial charge in [0.25, 0.3) is 0 Å². The molecule has 0 N–H and O–H groups in total. The molecule has 0 aliphatic heterocycles. The Hall–Kier alpha value is -1.64. The normalized spacial score (nSPS) is 15.2. The van der Waals surface area contributed by atoms with E-state index in [-0.39, 0.29) is 10.9 Å². The second-order valence-corrected chi connectivity index (χ2v) is 6.55. The molecule has 0 radical (unpaired) electrons. The van der Waals surface area contributed by atoms with E-state index in [9.17, 15) is 8.42 Å². The van der Waals surface area contributed by atoms with Crippen LogP contribution in [0.15, 0.2) is 35.7 Å². The van der Waals surface area contributed by atoms with Crippen LogP contribution in [0.1, 0.15) is 24.0 Å². The number of sulfonamides is 1. The Morgan fingerprint density at radius 2 is 2.21 bits per heavy atom. The van der Waals surface area contributed by atoms with Crippen LogP contribution in [-0.4, -0.2) is 25.3 Å². The van der Waals surface area contributed by atoms with Crippen LogP contribution >= 0.6 is 0 Å². The molecule has 0 heterocycles. The Morgan fingerprint density at radius 1 is 1.53 bits per heavy atom. The minimum absolute atomic E-state index is 0.0770. The van der Waals surface area contributed by atoms with Crippen molar-refractivity contribution in [2.45, 2.75) is 30.7 Å². The van der Waals surface area contributed by atoms with E-state index >= 15 is 0 Å². The molecule has 0 unspecified atom stereocenters. The van der Waals surface area contributed by atoms with Gasteiger partial charge in [0.05, 0.1) is 16.5 Å². The standard InChI is InChI=1S/C14H16N2O2S/c1-3-8-16(13-6-7-13)19(17,18)14-9-12(10-15)5-4-11(14)2/h3-5,9,13H,1,6-8H2,2H3. The summed E-state index contributed by atoms with van der Waals surface area (Å²) in [6, 6.07) is 6.80. The Balaban J connectivity index is 2.48. The van der Waals surface area contributed by atoms with E-state index in [1.54, 1.807) is 25.1 Å².